The SMILES string of the molecule is CCC=CC=O.CCCCCCCCC=C(C=O)CCCCCCCC. The lowest BCUT2D eigenvalue weighted by atomic mass is 10.0. The Morgan fingerprint density at radius 2 is 1.23 bits per heavy atom. The summed E-state index contributed by atoms with van der Waals surface area (Å²) in [7, 11) is 0. The van der Waals surface area contributed by atoms with E-state index in [9.17, 15) is 9.59 Å². The molecular formula is C24H44O2. The van der Waals surface area contributed by atoms with Gasteiger partial charge in [-0.1, -0.05) is 97.1 Å². The maximum Gasteiger partial charge on any atom is 0.145 e. The molecule has 0 aliphatic carbocycles. The van der Waals surface area contributed by atoms with Gasteiger partial charge in [-0.15, -0.1) is 0 Å². The number of carbonyl (C=O) groups is 2. The van der Waals surface area contributed by atoms with Crippen LogP contribution in [0.5, 0.6) is 0 Å². The molecule has 152 valence electrons. The molecule has 0 saturated carbocycles. The maximum atomic E-state index is 11.0. The quantitative estimate of drug-likeness (QED) is 0.150. The van der Waals surface area contributed by atoms with Gasteiger partial charge in [0.2, 0.25) is 0 Å². The highest BCUT2D eigenvalue weighted by atomic mass is 16.1. The molecule has 0 aromatic carbocycles. The van der Waals surface area contributed by atoms with Gasteiger partial charge in [-0.05, 0) is 43.8 Å². The lowest BCUT2D eigenvalue weighted by Crippen LogP contribution is -1.87. The van der Waals surface area contributed by atoms with E-state index in [4.69, 9.17) is 0 Å². The Kier molecular flexibility index (Phi) is 27.1. The molecular weight excluding hydrogens is 320 g/mol. The first-order chi connectivity index (χ1) is 12.8. The zero-order valence-electron chi connectivity index (χ0n) is 17.8. The average molecular weight is 365 g/mol. The molecule has 0 N–H and O–H groups in total. The van der Waals surface area contributed by atoms with Gasteiger partial charge in [0.05, 0.1) is 0 Å². The lowest BCUT2D eigenvalue weighted by Gasteiger charge is -2.02. The highest BCUT2D eigenvalue weighted by molar-refractivity contribution is 5.72. The molecule has 0 aromatic rings. The van der Waals surface area contributed by atoms with Crippen LogP contribution in [0.3, 0.4) is 0 Å². The predicted octanol–water partition coefficient (Wildman–Crippen LogP) is 7.76. The Morgan fingerprint density at radius 3 is 1.69 bits per heavy atom. The maximum absolute atomic E-state index is 11.0. The third kappa shape index (κ3) is 25.1. The molecule has 0 atom stereocenters. The standard InChI is InChI=1S/C19H36O.C5H8O/c1-3-5-7-9-11-13-15-17-19(18-20)16-14-12-10-8-6-4-2;1-2-3-4-5-6/h17-18H,3-16H2,1-2H3;3-5H,2H2,1H3. The van der Waals surface area contributed by atoms with Crippen molar-refractivity contribution in [2.24, 2.45) is 0 Å². The number of unbranched alkanes of at least 4 members (excludes halogenated alkanes) is 11. The summed E-state index contributed by atoms with van der Waals surface area (Å²) in [5.41, 5.74) is 1.04. The van der Waals surface area contributed by atoms with Gasteiger partial charge in [-0.2, -0.15) is 0 Å². The minimum Gasteiger partial charge on any atom is -0.299 e. The number of hydrogen-bond acceptors (Lipinski definition) is 2. The molecule has 0 aromatic heterocycles. The van der Waals surface area contributed by atoms with Crippen LogP contribution in [-0.4, -0.2) is 12.6 Å². The predicted molar refractivity (Wildman–Crippen MR) is 116 cm³/mol. The summed E-state index contributed by atoms with van der Waals surface area (Å²) in [5, 5.41) is 0. The third-order valence-electron chi connectivity index (χ3n) is 4.38. The number of carbonyl (C=O) groups excluding carboxylic acids is 2. The van der Waals surface area contributed by atoms with Gasteiger partial charge < -0.3 is 0 Å². The first-order valence-electron chi connectivity index (χ1n) is 11.0. The smallest absolute Gasteiger partial charge is 0.145 e. The summed E-state index contributed by atoms with van der Waals surface area (Å²) < 4.78 is 0. The van der Waals surface area contributed by atoms with Gasteiger partial charge in [-0.3, -0.25) is 9.59 Å². The third-order valence-corrected chi connectivity index (χ3v) is 4.38. The van der Waals surface area contributed by atoms with Crippen LogP contribution < -0.4 is 0 Å². The van der Waals surface area contributed by atoms with Crippen LogP contribution >= 0.6 is 0 Å². The van der Waals surface area contributed by atoms with Gasteiger partial charge >= 0.3 is 0 Å². The molecule has 0 rings (SSSR count). The van der Waals surface area contributed by atoms with Gasteiger partial charge in [0, 0.05) is 0 Å². The highest BCUT2D eigenvalue weighted by Gasteiger charge is 1.97. The van der Waals surface area contributed by atoms with Crippen LogP contribution in [-0.2, 0) is 9.59 Å². The van der Waals surface area contributed by atoms with Crippen molar-refractivity contribution in [2.45, 2.75) is 117 Å². The fourth-order valence-corrected chi connectivity index (χ4v) is 2.72. The minimum absolute atomic E-state index is 0.781. The molecule has 0 spiro atoms. The zero-order valence-corrected chi connectivity index (χ0v) is 17.8. The lowest BCUT2D eigenvalue weighted by molar-refractivity contribution is -0.105. The van der Waals surface area contributed by atoms with Crippen molar-refractivity contribution >= 4 is 12.6 Å². The fourth-order valence-electron chi connectivity index (χ4n) is 2.72. The van der Waals surface area contributed by atoms with Crippen molar-refractivity contribution in [3.63, 3.8) is 0 Å². The van der Waals surface area contributed by atoms with E-state index >= 15 is 0 Å². The number of aldehydes is 2. The molecule has 0 aliphatic heterocycles. The van der Waals surface area contributed by atoms with Crippen molar-refractivity contribution in [1.82, 2.24) is 0 Å². The minimum atomic E-state index is 0.781. The van der Waals surface area contributed by atoms with Gasteiger partial charge in [0.1, 0.15) is 12.6 Å². The van der Waals surface area contributed by atoms with E-state index in [0.29, 0.717) is 0 Å². The van der Waals surface area contributed by atoms with E-state index in [1.165, 1.54) is 83.1 Å². The largest absolute Gasteiger partial charge is 0.299 e. The van der Waals surface area contributed by atoms with E-state index in [1.807, 2.05) is 13.0 Å². The van der Waals surface area contributed by atoms with Crippen LogP contribution in [0.1, 0.15) is 117 Å². The molecule has 26 heavy (non-hydrogen) atoms. The zero-order chi connectivity index (χ0) is 19.7. The molecule has 0 unspecified atom stereocenters. The number of hydrogen-bond donors (Lipinski definition) is 0. The Bertz CT molecular complexity index is 342. The normalized spacial score (nSPS) is 11.3. The van der Waals surface area contributed by atoms with E-state index in [-0.39, 0.29) is 0 Å². The molecule has 2 nitrogen and oxygen atoms in total. The van der Waals surface area contributed by atoms with Crippen LogP contribution in [0.2, 0.25) is 0 Å². The van der Waals surface area contributed by atoms with E-state index < -0.39 is 0 Å². The van der Waals surface area contributed by atoms with Crippen LogP contribution in [0, 0.1) is 0 Å². The molecule has 0 bridgehead atoms. The molecule has 0 amide bonds. The summed E-state index contributed by atoms with van der Waals surface area (Å²) in [6, 6.07) is 0. The molecule has 0 aliphatic rings. The molecule has 0 heterocycles. The fraction of sp³-hybridized carbons (Fsp3) is 0.750. The topological polar surface area (TPSA) is 34.1 Å². The van der Waals surface area contributed by atoms with Crippen molar-refractivity contribution < 1.29 is 9.59 Å². The Hall–Kier alpha value is -1.18. The molecule has 0 saturated heterocycles. The first-order valence-corrected chi connectivity index (χ1v) is 11.0. The van der Waals surface area contributed by atoms with E-state index in [2.05, 4.69) is 19.9 Å². The summed E-state index contributed by atoms with van der Waals surface area (Å²) in [6.45, 7) is 6.48. The Morgan fingerprint density at radius 1 is 0.692 bits per heavy atom. The van der Waals surface area contributed by atoms with Crippen LogP contribution in [0.15, 0.2) is 23.8 Å². The number of allylic oxidation sites excluding steroid dienone is 4. The molecule has 0 fully saturated rings. The van der Waals surface area contributed by atoms with Crippen molar-refractivity contribution in [3.8, 4) is 0 Å². The van der Waals surface area contributed by atoms with Crippen molar-refractivity contribution in [3.05, 3.63) is 23.8 Å². The molecule has 2 heteroatoms. The summed E-state index contributed by atoms with van der Waals surface area (Å²) >= 11 is 0. The van der Waals surface area contributed by atoms with E-state index in [0.717, 1.165) is 37.4 Å². The Labute approximate surface area is 163 Å². The van der Waals surface area contributed by atoms with E-state index in [1.54, 1.807) is 0 Å². The van der Waals surface area contributed by atoms with Gasteiger partial charge in [0.15, 0.2) is 0 Å². The highest BCUT2D eigenvalue weighted by Crippen LogP contribution is 2.13. The average Bonchev–Trinajstić information content (AvgIpc) is 2.67. The second-order valence-electron chi connectivity index (χ2n) is 6.94. The second kappa shape index (κ2) is 26.1. The second-order valence-corrected chi connectivity index (χ2v) is 6.94. The van der Waals surface area contributed by atoms with Crippen molar-refractivity contribution in [2.75, 3.05) is 0 Å². The Balaban J connectivity index is 0. The van der Waals surface area contributed by atoms with Crippen LogP contribution in [0.4, 0.5) is 0 Å². The van der Waals surface area contributed by atoms with Gasteiger partial charge in [-0.25, -0.2) is 0 Å². The molecule has 0 radical (unpaired) electrons. The summed E-state index contributed by atoms with van der Waals surface area (Å²) in [5.74, 6) is 0. The summed E-state index contributed by atoms with van der Waals surface area (Å²) in [6.07, 6.45) is 26.2. The number of rotatable bonds is 17. The monoisotopic (exact) mass is 364 g/mol. The van der Waals surface area contributed by atoms with Crippen LogP contribution in [0.25, 0.3) is 0 Å². The first kappa shape index (κ1) is 27.0. The van der Waals surface area contributed by atoms with Crippen molar-refractivity contribution in [1.29, 1.82) is 0 Å². The summed E-state index contributed by atoms with van der Waals surface area (Å²) in [4.78, 5) is 20.5. The van der Waals surface area contributed by atoms with Gasteiger partial charge in [0.25, 0.3) is 0 Å².